The summed E-state index contributed by atoms with van der Waals surface area (Å²) < 4.78 is 21.1. The van der Waals surface area contributed by atoms with E-state index in [0.29, 0.717) is 11.3 Å². The summed E-state index contributed by atoms with van der Waals surface area (Å²) in [4.78, 5) is 24.1. The van der Waals surface area contributed by atoms with E-state index < -0.39 is 17.7 Å². The number of carbonyl (C=O) groups excluding carboxylic acids is 1. The monoisotopic (exact) mass is 396 g/mol. The van der Waals surface area contributed by atoms with Gasteiger partial charge in [0.25, 0.3) is 0 Å². The van der Waals surface area contributed by atoms with E-state index in [1.54, 1.807) is 18.2 Å². The van der Waals surface area contributed by atoms with Gasteiger partial charge in [-0.05, 0) is 29.8 Å². The number of aromatic hydroxyl groups is 1. The molecule has 0 saturated heterocycles. The molecule has 0 fully saturated rings. The Morgan fingerprint density at radius 3 is 2.72 bits per heavy atom. The first-order chi connectivity index (χ1) is 13.9. The van der Waals surface area contributed by atoms with Crippen molar-refractivity contribution in [3.05, 3.63) is 71.3 Å². The van der Waals surface area contributed by atoms with Gasteiger partial charge in [0.05, 0.1) is 24.2 Å². The van der Waals surface area contributed by atoms with Gasteiger partial charge in [-0.1, -0.05) is 18.2 Å². The lowest BCUT2D eigenvalue weighted by molar-refractivity contribution is -0.116. The van der Waals surface area contributed by atoms with E-state index in [1.807, 2.05) is 0 Å². The molecule has 2 aromatic carbocycles. The Labute approximate surface area is 165 Å². The number of hydrogen-bond donors (Lipinski definition) is 3. The van der Waals surface area contributed by atoms with Gasteiger partial charge in [-0.15, -0.1) is 0 Å². The summed E-state index contributed by atoms with van der Waals surface area (Å²) in [5.41, 5.74) is 1.24. The van der Waals surface area contributed by atoms with E-state index in [1.165, 1.54) is 42.1 Å². The summed E-state index contributed by atoms with van der Waals surface area (Å²) in [7, 11) is 1.41. The molecule has 2 heterocycles. The minimum absolute atomic E-state index is 0.0262. The number of phenolic OH excluding ortho intramolecular Hbond substituents is 1. The van der Waals surface area contributed by atoms with Gasteiger partial charge in [-0.3, -0.25) is 4.79 Å². The molecule has 29 heavy (non-hydrogen) atoms. The molecular formula is C21H17FN2O5. The normalized spacial score (nSPS) is 15.5. The first-order valence-electron chi connectivity index (χ1n) is 8.81. The quantitative estimate of drug-likeness (QED) is 0.627. The minimum atomic E-state index is -1.24. The number of amides is 1. The van der Waals surface area contributed by atoms with E-state index in [2.05, 4.69) is 5.32 Å². The maximum absolute atomic E-state index is 14.5. The molecule has 7 nitrogen and oxygen atoms in total. The summed E-state index contributed by atoms with van der Waals surface area (Å²) >= 11 is 0. The van der Waals surface area contributed by atoms with E-state index >= 15 is 0 Å². The molecule has 1 atom stereocenters. The summed E-state index contributed by atoms with van der Waals surface area (Å²) in [5, 5.41) is 22.1. The highest BCUT2D eigenvalue weighted by molar-refractivity contribution is 6.04. The first kappa shape index (κ1) is 18.5. The van der Waals surface area contributed by atoms with E-state index in [0.717, 1.165) is 0 Å². The third kappa shape index (κ3) is 3.08. The van der Waals surface area contributed by atoms with E-state index in [4.69, 9.17) is 4.74 Å². The number of ether oxygens (including phenoxy) is 1. The topological polar surface area (TPSA) is 101 Å². The second kappa shape index (κ2) is 6.97. The zero-order valence-corrected chi connectivity index (χ0v) is 15.3. The van der Waals surface area contributed by atoms with Crippen LogP contribution >= 0.6 is 0 Å². The molecule has 0 bridgehead atoms. The van der Waals surface area contributed by atoms with Crippen LogP contribution in [-0.2, 0) is 4.79 Å². The van der Waals surface area contributed by atoms with Gasteiger partial charge in [0.2, 0.25) is 5.91 Å². The maximum atomic E-state index is 14.5. The van der Waals surface area contributed by atoms with Crippen LogP contribution in [0.4, 0.5) is 10.1 Å². The molecule has 3 N–H and O–H groups in total. The maximum Gasteiger partial charge on any atom is 0.339 e. The number of hydrogen-bond acceptors (Lipinski definition) is 4. The van der Waals surface area contributed by atoms with Crippen LogP contribution in [0.3, 0.4) is 0 Å². The molecule has 4 rings (SSSR count). The van der Waals surface area contributed by atoms with Crippen molar-refractivity contribution < 1.29 is 28.9 Å². The number of methoxy groups -OCH3 is 1. The highest BCUT2D eigenvalue weighted by Crippen LogP contribution is 2.43. The number of carboxylic acid groups (broad SMARTS) is 1. The number of phenols is 1. The fraction of sp³-hybridized carbons (Fsp3) is 0.143. The molecular weight excluding hydrogens is 379 g/mol. The third-order valence-electron chi connectivity index (χ3n) is 4.98. The second-order valence-electron chi connectivity index (χ2n) is 6.67. The number of nitrogens with zero attached hydrogens (tertiary/aromatic N) is 1. The minimum Gasteiger partial charge on any atom is -0.504 e. The molecule has 1 aliphatic rings. The van der Waals surface area contributed by atoms with Gasteiger partial charge in [0.1, 0.15) is 11.4 Å². The van der Waals surface area contributed by atoms with Crippen molar-refractivity contribution >= 4 is 17.6 Å². The number of para-hydroxylation sites is 1. The number of anilines is 1. The van der Waals surface area contributed by atoms with Crippen molar-refractivity contribution in [2.24, 2.45) is 0 Å². The lowest BCUT2D eigenvalue weighted by Crippen LogP contribution is -2.25. The van der Waals surface area contributed by atoms with Gasteiger partial charge in [-0.25, -0.2) is 9.18 Å². The molecule has 148 valence electrons. The lowest BCUT2D eigenvalue weighted by atomic mass is 9.88. The molecule has 0 radical (unpaired) electrons. The van der Waals surface area contributed by atoms with E-state index in [-0.39, 0.29) is 40.8 Å². The number of benzene rings is 2. The highest BCUT2D eigenvalue weighted by Gasteiger charge is 2.35. The second-order valence-corrected chi connectivity index (χ2v) is 6.67. The van der Waals surface area contributed by atoms with Crippen molar-refractivity contribution in [2.45, 2.75) is 12.3 Å². The van der Waals surface area contributed by atoms with Crippen LogP contribution in [0.15, 0.2) is 48.7 Å². The van der Waals surface area contributed by atoms with Crippen LogP contribution < -0.4 is 10.1 Å². The van der Waals surface area contributed by atoms with Crippen molar-refractivity contribution in [3.63, 3.8) is 0 Å². The Morgan fingerprint density at radius 1 is 1.28 bits per heavy atom. The van der Waals surface area contributed by atoms with Crippen molar-refractivity contribution in [3.8, 4) is 17.2 Å². The average Bonchev–Trinajstić information content (AvgIpc) is 3.07. The predicted molar refractivity (Wildman–Crippen MR) is 102 cm³/mol. The molecule has 1 aliphatic heterocycles. The largest absolute Gasteiger partial charge is 0.504 e. The summed E-state index contributed by atoms with van der Waals surface area (Å²) in [5.74, 6) is -2.53. The number of carbonyl (C=O) groups is 2. The Bertz CT molecular complexity index is 1140. The van der Waals surface area contributed by atoms with Gasteiger partial charge < -0.3 is 24.8 Å². The molecule has 1 aromatic heterocycles. The number of halogens is 1. The average molecular weight is 396 g/mol. The van der Waals surface area contributed by atoms with Gasteiger partial charge >= 0.3 is 5.97 Å². The Balaban J connectivity index is 1.99. The van der Waals surface area contributed by atoms with Gasteiger partial charge in [0, 0.05) is 18.5 Å². The van der Waals surface area contributed by atoms with Crippen LogP contribution in [0.25, 0.3) is 5.69 Å². The number of rotatable bonds is 4. The fourth-order valence-electron chi connectivity index (χ4n) is 3.66. The Hall–Kier alpha value is -3.81. The van der Waals surface area contributed by atoms with Gasteiger partial charge in [-0.2, -0.15) is 0 Å². The smallest absolute Gasteiger partial charge is 0.339 e. The molecule has 0 aliphatic carbocycles. The predicted octanol–water partition coefficient (Wildman–Crippen LogP) is 3.50. The molecule has 0 spiro atoms. The molecule has 0 unspecified atom stereocenters. The zero-order valence-electron chi connectivity index (χ0n) is 15.3. The van der Waals surface area contributed by atoms with Crippen molar-refractivity contribution in [1.82, 2.24) is 4.57 Å². The van der Waals surface area contributed by atoms with Crippen LogP contribution in [0, 0.1) is 5.82 Å². The lowest BCUT2D eigenvalue weighted by Gasteiger charge is -2.26. The van der Waals surface area contributed by atoms with Crippen molar-refractivity contribution in [1.29, 1.82) is 0 Å². The molecule has 8 heteroatoms. The SMILES string of the molecule is COc1cc([C@@H]2CC(=O)Nc3c(C(=O)O)cn(-c4ccccc4F)c32)ccc1O. The third-order valence-corrected chi connectivity index (χ3v) is 4.98. The fourth-order valence-corrected chi connectivity index (χ4v) is 3.66. The number of fused-ring (bicyclic) bond motifs is 1. The van der Waals surface area contributed by atoms with Crippen LogP contribution in [0.1, 0.15) is 34.0 Å². The van der Waals surface area contributed by atoms with Crippen LogP contribution in [0.5, 0.6) is 11.5 Å². The van der Waals surface area contributed by atoms with Crippen molar-refractivity contribution in [2.75, 3.05) is 12.4 Å². The number of carboxylic acids is 1. The highest BCUT2D eigenvalue weighted by atomic mass is 19.1. The van der Waals surface area contributed by atoms with Crippen LogP contribution in [0.2, 0.25) is 0 Å². The molecule has 1 amide bonds. The standard InChI is InChI=1S/C21H17FN2O5/c1-29-17-8-11(6-7-16(17)25)12-9-18(26)23-19-13(21(27)28)10-24(20(12)19)15-5-3-2-4-14(15)22/h2-8,10,12,25H,9H2,1H3,(H,23,26)(H,27,28)/t12-/m0/s1. The Morgan fingerprint density at radius 2 is 2.03 bits per heavy atom. The number of aromatic nitrogens is 1. The zero-order chi connectivity index (χ0) is 20.7. The number of nitrogens with one attached hydrogen (secondary N) is 1. The van der Waals surface area contributed by atoms with Gasteiger partial charge in [0.15, 0.2) is 11.5 Å². The molecule has 0 saturated carbocycles. The first-order valence-corrected chi connectivity index (χ1v) is 8.81. The summed E-state index contributed by atoms with van der Waals surface area (Å²) in [6.45, 7) is 0. The number of aromatic carboxylic acids is 1. The van der Waals surface area contributed by atoms with E-state index in [9.17, 15) is 24.2 Å². The van der Waals surface area contributed by atoms with Crippen LogP contribution in [-0.4, -0.2) is 33.8 Å². The Kier molecular flexibility index (Phi) is 4.46. The molecule has 3 aromatic rings. The summed E-state index contributed by atoms with van der Waals surface area (Å²) in [6, 6.07) is 10.6. The summed E-state index contributed by atoms with van der Waals surface area (Å²) in [6.07, 6.45) is 1.33.